The number of ether oxygens (including phenoxy) is 2. The van der Waals surface area contributed by atoms with E-state index in [4.69, 9.17) is 39.0 Å². The van der Waals surface area contributed by atoms with Crippen molar-refractivity contribution in [1.29, 1.82) is 0 Å². The van der Waals surface area contributed by atoms with Crippen LogP contribution < -0.4 is 21.9 Å². The zero-order valence-electron chi connectivity index (χ0n) is 22.2. The second-order valence-corrected chi connectivity index (χ2v) is 12.8. The molecule has 7 rings (SSSR count). The fourth-order valence-electron chi connectivity index (χ4n) is 5.23. The molecule has 3 aliphatic heterocycles. The van der Waals surface area contributed by atoms with Crippen molar-refractivity contribution in [2.45, 2.75) is 49.2 Å². The standard InChI is InChI=1S/C20H22F2N10O11P2/c21-8-6-1-38-44(34,35)42-12-7(41-18(9(12)22)31-4-27-10-14(23)25-3-26-15(10)31)2-39-45(36,37)43-13(8)19(40-6)32-5-28-11-16(32)29-20(24)30-17(11)33/h3-9,12-13,18-19H,1-2H2,(H,34,35)(H,36,37)(H2,23,25,26)(H3,24,29,30,33)/p-1/t6-,7-,8-,9-,12-,13-,18-,19-/m1/s1. The van der Waals surface area contributed by atoms with Crippen molar-refractivity contribution in [3.8, 4) is 0 Å². The number of aromatic nitrogens is 8. The molecule has 6 N–H and O–H groups in total. The third-order valence-corrected chi connectivity index (χ3v) is 9.17. The number of fused-ring (bicyclic) bond motifs is 5. The molecule has 0 radical (unpaired) electrons. The number of phosphoric acid groups is 2. The summed E-state index contributed by atoms with van der Waals surface area (Å²) in [5.74, 6) is -0.363. The molecule has 0 aliphatic carbocycles. The van der Waals surface area contributed by atoms with Gasteiger partial charge in [-0.1, -0.05) is 0 Å². The summed E-state index contributed by atoms with van der Waals surface area (Å²) in [5, 5.41) is 0. The van der Waals surface area contributed by atoms with Crippen LogP contribution in [0.4, 0.5) is 20.5 Å². The molecule has 2 bridgehead atoms. The third-order valence-electron chi connectivity index (χ3n) is 7.22. The Labute approximate surface area is 247 Å². The fourth-order valence-corrected chi connectivity index (χ4v) is 7.09. The van der Waals surface area contributed by atoms with Crippen LogP contribution in [0.5, 0.6) is 0 Å². The average molecular weight is 677 g/mol. The van der Waals surface area contributed by atoms with Crippen LogP contribution in [-0.4, -0.2) is 93.9 Å². The van der Waals surface area contributed by atoms with Gasteiger partial charge in [-0.15, -0.1) is 0 Å². The number of alkyl halides is 2. The summed E-state index contributed by atoms with van der Waals surface area (Å²) in [4.78, 5) is 57.5. The molecule has 45 heavy (non-hydrogen) atoms. The number of hydrogen-bond donors (Lipinski definition) is 4. The first kappa shape index (κ1) is 30.2. The van der Waals surface area contributed by atoms with Gasteiger partial charge in [0.2, 0.25) is 5.95 Å². The van der Waals surface area contributed by atoms with Crippen molar-refractivity contribution < 1.29 is 55.3 Å². The first-order valence-corrected chi connectivity index (χ1v) is 15.8. The highest BCUT2D eigenvalue weighted by Gasteiger charge is 2.54. The molecule has 0 saturated carbocycles. The molecule has 2 unspecified atom stereocenters. The molecule has 7 heterocycles. The van der Waals surface area contributed by atoms with Crippen molar-refractivity contribution in [1.82, 2.24) is 39.0 Å². The second-order valence-electron chi connectivity index (χ2n) is 10.0. The van der Waals surface area contributed by atoms with Crippen molar-refractivity contribution >= 4 is 49.7 Å². The average Bonchev–Trinajstić information content (AvgIpc) is 3.72. The molecular formula is C20H21F2N10O11P2-. The minimum absolute atomic E-state index is 0.0249. The van der Waals surface area contributed by atoms with Crippen LogP contribution in [0.25, 0.3) is 22.3 Å². The van der Waals surface area contributed by atoms with E-state index < -0.39 is 83.6 Å². The Balaban J connectivity index is 1.21. The molecular weight excluding hydrogens is 656 g/mol. The number of rotatable bonds is 2. The van der Waals surface area contributed by atoms with Gasteiger partial charge in [-0.25, -0.2) is 33.3 Å². The summed E-state index contributed by atoms with van der Waals surface area (Å²) >= 11 is 0. The smallest absolute Gasteiger partial charge is 0.472 e. The van der Waals surface area contributed by atoms with Gasteiger partial charge < -0.3 is 39.8 Å². The van der Waals surface area contributed by atoms with Gasteiger partial charge in [0.1, 0.15) is 36.3 Å². The number of imidazole rings is 2. The molecule has 0 aromatic carbocycles. The maximum atomic E-state index is 15.8. The van der Waals surface area contributed by atoms with Crippen molar-refractivity contribution in [3.05, 3.63) is 29.3 Å². The van der Waals surface area contributed by atoms with Gasteiger partial charge in [-0.2, -0.15) is 4.98 Å². The van der Waals surface area contributed by atoms with Gasteiger partial charge in [-0.3, -0.25) is 32.5 Å². The number of phosphoric ester groups is 2. The highest BCUT2D eigenvalue weighted by Crippen LogP contribution is 2.53. The topological polar surface area (TPSA) is 292 Å². The largest absolute Gasteiger partial charge is 0.756 e. The Morgan fingerprint density at radius 3 is 2.38 bits per heavy atom. The summed E-state index contributed by atoms with van der Waals surface area (Å²) in [7, 11) is -10.7. The van der Waals surface area contributed by atoms with E-state index >= 15 is 8.78 Å². The molecule has 3 saturated heterocycles. The molecule has 25 heteroatoms. The Kier molecular flexibility index (Phi) is 7.24. The summed E-state index contributed by atoms with van der Waals surface area (Å²) in [6, 6.07) is 0. The number of nitrogens with zero attached hydrogens (tertiary/aromatic N) is 7. The first-order valence-electron chi connectivity index (χ1n) is 12.9. The molecule has 21 nitrogen and oxygen atoms in total. The van der Waals surface area contributed by atoms with E-state index in [1.807, 2.05) is 0 Å². The molecule has 4 aromatic rings. The fraction of sp³-hybridized carbons (Fsp3) is 0.500. The van der Waals surface area contributed by atoms with Crippen LogP contribution in [0.15, 0.2) is 23.8 Å². The Morgan fingerprint density at radius 2 is 1.60 bits per heavy atom. The predicted octanol–water partition coefficient (Wildman–Crippen LogP) is -1.02. The molecule has 0 amide bonds. The van der Waals surface area contributed by atoms with E-state index in [9.17, 15) is 23.7 Å². The van der Waals surface area contributed by atoms with Crippen LogP contribution >= 0.6 is 15.6 Å². The summed E-state index contributed by atoms with van der Waals surface area (Å²) in [5.41, 5.74) is 10.3. The van der Waals surface area contributed by atoms with Gasteiger partial charge in [0.15, 0.2) is 47.4 Å². The Hall–Kier alpha value is -3.50. The number of aromatic amines is 1. The Morgan fingerprint density at radius 1 is 0.911 bits per heavy atom. The highest BCUT2D eigenvalue weighted by molar-refractivity contribution is 7.47. The number of H-pyrrole nitrogens is 1. The number of halogens is 2. The Bertz CT molecular complexity index is 1940. The van der Waals surface area contributed by atoms with E-state index in [1.165, 1.54) is 0 Å². The maximum absolute atomic E-state index is 15.8. The molecule has 4 aromatic heterocycles. The van der Waals surface area contributed by atoms with Crippen LogP contribution in [0.2, 0.25) is 0 Å². The van der Waals surface area contributed by atoms with Gasteiger partial charge in [0, 0.05) is 0 Å². The summed E-state index contributed by atoms with van der Waals surface area (Å²) in [6.07, 6.45) is -12.1. The van der Waals surface area contributed by atoms with E-state index in [1.54, 1.807) is 0 Å². The van der Waals surface area contributed by atoms with Gasteiger partial charge in [0.25, 0.3) is 13.4 Å². The number of hydrogen-bond acceptors (Lipinski definition) is 17. The van der Waals surface area contributed by atoms with E-state index in [0.29, 0.717) is 0 Å². The third kappa shape index (κ3) is 5.29. The number of nitrogens with one attached hydrogen (secondary N) is 1. The van der Waals surface area contributed by atoms with E-state index in [0.717, 1.165) is 28.1 Å². The van der Waals surface area contributed by atoms with E-state index in [-0.39, 0.29) is 34.1 Å². The minimum Gasteiger partial charge on any atom is -0.756 e. The van der Waals surface area contributed by atoms with E-state index in [2.05, 4.69) is 29.9 Å². The second kappa shape index (κ2) is 10.8. The zero-order valence-corrected chi connectivity index (χ0v) is 24.0. The van der Waals surface area contributed by atoms with Crippen LogP contribution in [-0.2, 0) is 36.7 Å². The zero-order chi connectivity index (χ0) is 31.8. The molecule has 0 spiro atoms. The highest BCUT2D eigenvalue weighted by atomic mass is 31.2. The van der Waals surface area contributed by atoms with Crippen LogP contribution in [0.1, 0.15) is 12.5 Å². The molecule has 242 valence electrons. The lowest BCUT2D eigenvalue weighted by atomic mass is 10.1. The quantitative estimate of drug-likeness (QED) is 0.185. The van der Waals surface area contributed by atoms with Gasteiger partial charge >= 0.3 is 7.82 Å². The van der Waals surface area contributed by atoms with Gasteiger partial charge in [-0.05, 0) is 0 Å². The van der Waals surface area contributed by atoms with Crippen LogP contribution in [0, 0.1) is 0 Å². The maximum Gasteiger partial charge on any atom is 0.472 e. The number of nitrogen functional groups attached to an aromatic ring is 2. The van der Waals surface area contributed by atoms with Crippen molar-refractivity contribution in [3.63, 3.8) is 0 Å². The monoisotopic (exact) mass is 677 g/mol. The summed E-state index contributed by atoms with van der Waals surface area (Å²) < 4.78 is 90.8. The minimum atomic E-state index is -5.48. The van der Waals surface area contributed by atoms with Crippen molar-refractivity contribution in [2.24, 2.45) is 0 Å². The molecule has 10 atom stereocenters. The molecule has 3 fully saturated rings. The van der Waals surface area contributed by atoms with Crippen LogP contribution in [0.3, 0.4) is 0 Å². The lowest BCUT2D eigenvalue weighted by Gasteiger charge is -2.30. The first-order chi connectivity index (χ1) is 21.3. The van der Waals surface area contributed by atoms with Crippen molar-refractivity contribution in [2.75, 3.05) is 24.7 Å². The predicted molar refractivity (Wildman–Crippen MR) is 139 cm³/mol. The number of anilines is 2. The van der Waals surface area contributed by atoms with Gasteiger partial charge in [0.05, 0.1) is 25.9 Å². The lowest BCUT2D eigenvalue weighted by Crippen LogP contribution is -2.35. The number of nitrogens with two attached hydrogens (primary N) is 2. The molecule has 3 aliphatic rings. The lowest BCUT2D eigenvalue weighted by molar-refractivity contribution is -0.236. The summed E-state index contributed by atoms with van der Waals surface area (Å²) in [6.45, 7) is -2.02. The normalized spacial score (nSPS) is 37.7. The SMILES string of the molecule is Nc1nc2c(ncn2[C@@H]2O[C@@H]3COP(=O)(O)O[C@H]4[C@@H](F)[C@H](n5cnc6c(N)ncnc65)O[C@@H]4COP(=O)([O-])O[C@@H]2[C@@H]3F)c(=O)[nH]1.